The molecule has 17 heavy (non-hydrogen) atoms. The minimum absolute atomic E-state index is 0.483. The first-order valence-corrected chi connectivity index (χ1v) is 6.19. The first-order valence-electron chi connectivity index (χ1n) is 6.19. The minimum atomic E-state index is 0.483. The highest BCUT2D eigenvalue weighted by molar-refractivity contribution is 5.86. The normalized spacial score (nSPS) is 17.4. The van der Waals surface area contributed by atoms with Crippen molar-refractivity contribution in [1.82, 2.24) is 0 Å². The minimum Gasteiger partial charge on any atom is -0.497 e. The number of hydrogen-bond donors (Lipinski definition) is 1. The van der Waals surface area contributed by atoms with E-state index in [2.05, 4.69) is 4.99 Å². The van der Waals surface area contributed by atoms with E-state index in [1.165, 1.54) is 25.7 Å². The van der Waals surface area contributed by atoms with Crippen LogP contribution in [0.4, 0.5) is 5.69 Å². The number of methoxy groups -OCH3 is 1. The van der Waals surface area contributed by atoms with Crippen molar-refractivity contribution in [3.63, 3.8) is 0 Å². The Morgan fingerprint density at radius 2 is 2.06 bits per heavy atom. The van der Waals surface area contributed by atoms with Gasteiger partial charge in [-0.25, -0.2) is 4.99 Å². The van der Waals surface area contributed by atoms with Crippen molar-refractivity contribution in [1.29, 1.82) is 0 Å². The summed E-state index contributed by atoms with van der Waals surface area (Å²) < 4.78 is 5.18. The van der Waals surface area contributed by atoms with Crippen LogP contribution in [0.1, 0.15) is 31.2 Å². The number of rotatable bonds is 3. The maximum absolute atomic E-state index is 6.07. The van der Waals surface area contributed by atoms with Crippen LogP contribution < -0.4 is 10.5 Å². The molecular weight excluding hydrogens is 212 g/mol. The van der Waals surface area contributed by atoms with Gasteiger partial charge in [-0.15, -0.1) is 0 Å². The van der Waals surface area contributed by atoms with Gasteiger partial charge in [-0.05, 0) is 43.5 Å². The third-order valence-electron chi connectivity index (χ3n) is 3.43. The molecule has 0 heterocycles. The van der Waals surface area contributed by atoms with Crippen LogP contribution in [0.2, 0.25) is 0 Å². The van der Waals surface area contributed by atoms with E-state index in [4.69, 9.17) is 10.5 Å². The van der Waals surface area contributed by atoms with Crippen molar-refractivity contribution in [2.24, 2.45) is 16.6 Å². The number of ether oxygens (including phenoxy) is 1. The third-order valence-corrected chi connectivity index (χ3v) is 3.43. The molecule has 0 aromatic heterocycles. The average molecular weight is 232 g/mol. The van der Waals surface area contributed by atoms with E-state index in [-0.39, 0.29) is 0 Å². The van der Waals surface area contributed by atoms with Crippen molar-refractivity contribution < 1.29 is 4.74 Å². The molecule has 0 aliphatic heterocycles. The monoisotopic (exact) mass is 232 g/mol. The van der Waals surface area contributed by atoms with Crippen LogP contribution in [0.25, 0.3) is 0 Å². The van der Waals surface area contributed by atoms with Crippen LogP contribution in [0.5, 0.6) is 5.75 Å². The number of hydrogen-bond acceptors (Lipinski definition) is 2. The summed E-state index contributed by atoms with van der Waals surface area (Å²) in [6.45, 7) is 2.03. The molecule has 0 amide bonds. The molecule has 92 valence electrons. The van der Waals surface area contributed by atoms with Gasteiger partial charge < -0.3 is 10.5 Å². The second-order valence-corrected chi connectivity index (χ2v) is 4.67. The van der Waals surface area contributed by atoms with E-state index in [0.29, 0.717) is 5.92 Å². The van der Waals surface area contributed by atoms with Gasteiger partial charge in [-0.1, -0.05) is 12.8 Å². The van der Waals surface area contributed by atoms with Crippen LogP contribution in [0, 0.1) is 12.8 Å². The van der Waals surface area contributed by atoms with Crippen LogP contribution in [0.3, 0.4) is 0 Å². The number of benzene rings is 1. The molecule has 2 rings (SSSR count). The molecule has 1 saturated carbocycles. The topological polar surface area (TPSA) is 47.6 Å². The molecule has 0 radical (unpaired) electrons. The Kier molecular flexibility index (Phi) is 3.67. The molecular formula is C14H20N2O. The molecule has 3 nitrogen and oxygen atoms in total. The van der Waals surface area contributed by atoms with Gasteiger partial charge in [0.1, 0.15) is 11.6 Å². The SMILES string of the molecule is COc1ccc(N=C(N)C2CCCC2)c(C)c1. The molecule has 1 fully saturated rings. The lowest BCUT2D eigenvalue weighted by atomic mass is 10.1. The molecule has 1 aromatic carbocycles. The largest absolute Gasteiger partial charge is 0.497 e. The van der Waals surface area contributed by atoms with Gasteiger partial charge in [-0.2, -0.15) is 0 Å². The molecule has 2 N–H and O–H groups in total. The zero-order valence-corrected chi connectivity index (χ0v) is 10.6. The van der Waals surface area contributed by atoms with Crippen LogP contribution in [-0.4, -0.2) is 12.9 Å². The number of amidine groups is 1. The van der Waals surface area contributed by atoms with Crippen LogP contribution in [0.15, 0.2) is 23.2 Å². The zero-order valence-electron chi connectivity index (χ0n) is 10.6. The van der Waals surface area contributed by atoms with Crippen molar-refractivity contribution in [2.45, 2.75) is 32.6 Å². The fourth-order valence-corrected chi connectivity index (χ4v) is 2.33. The van der Waals surface area contributed by atoms with E-state index in [9.17, 15) is 0 Å². The highest BCUT2D eigenvalue weighted by Crippen LogP contribution is 2.28. The van der Waals surface area contributed by atoms with E-state index in [1.54, 1.807) is 7.11 Å². The highest BCUT2D eigenvalue weighted by Gasteiger charge is 2.18. The first kappa shape index (κ1) is 12.0. The van der Waals surface area contributed by atoms with Gasteiger partial charge in [0.2, 0.25) is 0 Å². The summed E-state index contributed by atoms with van der Waals surface area (Å²) in [6.07, 6.45) is 4.93. The predicted molar refractivity (Wildman–Crippen MR) is 71.0 cm³/mol. The van der Waals surface area contributed by atoms with Crippen molar-refractivity contribution in [3.05, 3.63) is 23.8 Å². The predicted octanol–water partition coefficient (Wildman–Crippen LogP) is 3.18. The lowest BCUT2D eigenvalue weighted by molar-refractivity contribution is 0.414. The van der Waals surface area contributed by atoms with E-state index < -0.39 is 0 Å². The summed E-state index contributed by atoms with van der Waals surface area (Å²) in [6, 6.07) is 5.88. The van der Waals surface area contributed by atoms with Gasteiger partial charge in [0.15, 0.2) is 0 Å². The smallest absolute Gasteiger partial charge is 0.119 e. The average Bonchev–Trinajstić information content (AvgIpc) is 2.85. The molecule has 0 spiro atoms. The van der Waals surface area contributed by atoms with Crippen LogP contribution >= 0.6 is 0 Å². The van der Waals surface area contributed by atoms with E-state index in [0.717, 1.165) is 22.8 Å². The lowest BCUT2D eigenvalue weighted by Gasteiger charge is -2.09. The van der Waals surface area contributed by atoms with Gasteiger partial charge in [0.25, 0.3) is 0 Å². The second-order valence-electron chi connectivity index (χ2n) is 4.67. The standard InChI is InChI=1S/C14H20N2O/c1-10-9-12(17-2)7-8-13(10)16-14(15)11-5-3-4-6-11/h7-9,11H,3-6H2,1-2H3,(H2,15,16). The Labute approximate surface area is 103 Å². The molecule has 3 heteroatoms. The molecule has 0 saturated heterocycles. The van der Waals surface area contributed by atoms with E-state index in [1.807, 2.05) is 25.1 Å². The number of aryl methyl sites for hydroxylation is 1. The summed E-state index contributed by atoms with van der Waals surface area (Å²) in [5.41, 5.74) is 8.13. The number of nitrogens with two attached hydrogens (primary N) is 1. The van der Waals surface area contributed by atoms with Crippen molar-refractivity contribution >= 4 is 11.5 Å². The molecule has 0 atom stereocenters. The number of nitrogens with zero attached hydrogens (tertiary/aromatic N) is 1. The highest BCUT2D eigenvalue weighted by atomic mass is 16.5. The quantitative estimate of drug-likeness (QED) is 0.642. The fraction of sp³-hybridized carbons (Fsp3) is 0.500. The Morgan fingerprint density at radius 3 is 2.65 bits per heavy atom. The molecule has 1 aliphatic rings. The molecule has 1 aromatic rings. The summed E-state index contributed by atoms with van der Waals surface area (Å²) in [5.74, 6) is 2.13. The van der Waals surface area contributed by atoms with Gasteiger partial charge in [-0.3, -0.25) is 0 Å². The Bertz CT molecular complexity index is 420. The summed E-state index contributed by atoms with van der Waals surface area (Å²) in [4.78, 5) is 4.55. The fourth-order valence-electron chi connectivity index (χ4n) is 2.33. The summed E-state index contributed by atoms with van der Waals surface area (Å²) in [7, 11) is 1.67. The van der Waals surface area contributed by atoms with Gasteiger partial charge in [0.05, 0.1) is 12.8 Å². The first-order chi connectivity index (χ1) is 8.20. The van der Waals surface area contributed by atoms with Crippen molar-refractivity contribution in [3.8, 4) is 5.75 Å². The lowest BCUT2D eigenvalue weighted by Crippen LogP contribution is -2.20. The third kappa shape index (κ3) is 2.78. The van der Waals surface area contributed by atoms with Crippen LogP contribution in [-0.2, 0) is 0 Å². The Hall–Kier alpha value is -1.51. The van der Waals surface area contributed by atoms with E-state index >= 15 is 0 Å². The second kappa shape index (κ2) is 5.21. The zero-order chi connectivity index (χ0) is 12.3. The molecule has 0 unspecified atom stereocenters. The molecule has 1 aliphatic carbocycles. The number of aliphatic imine (C=N–C) groups is 1. The Morgan fingerprint density at radius 1 is 1.35 bits per heavy atom. The maximum atomic E-state index is 6.07. The van der Waals surface area contributed by atoms with Gasteiger partial charge >= 0.3 is 0 Å². The summed E-state index contributed by atoms with van der Waals surface area (Å²) >= 11 is 0. The Balaban J connectivity index is 2.19. The summed E-state index contributed by atoms with van der Waals surface area (Å²) in [5, 5.41) is 0. The maximum Gasteiger partial charge on any atom is 0.119 e. The van der Waals surface area contributed by atoms with Crippen molar-refractivity contribution in [2.75, 3.05) is 7.11 Å². The molecule has 0 bridgehead atoms. The van der Waals surface area contributed by atoms with Gasteiger partial charge in [0, 0.05) is 5.92 Å².